The largest absolute Gasteiger partial charge is 0.497 e. The van der Waals surface area contributed by atoms with E-state index in [0.717, 1.165) is 15.9 Å². The minimum absolute atomic E-state index is 0.0489. The molecular weight excluding hydrogens is 278 g/mol. The third-order valence-electron chi connectivity index (χ3n) is 2.00. The van der Waals surface area contributed by atoms with E-state index < -0.39 is 0 Å². The van der Waals surface area contributed by atoms with Crippen LogP contribution in [0.2, 0.25) is 0 Å². The molecule has 0 spiro atoms. The van der Waals surface area contributed by atoms with Crippen LogP contribution in [0.3, 0.4) is 0 Å². The Morgan fingerprint density at radius 1 is 1.35 bits per heavy atom. The molecule has 0 aliphatic carbocycles. The van der Waals surface area contributed by atoms with Crippen molar-refractivity contribution in [2.45, 2.75) is 20.8 Å². The Morgan fingerprint density at radius 2 is 2.06 bits per heavy atom. The summed E-state index contributed by atoms with van der Waals surface area (Å²) in [6.07, 6.45) is 0. The van der Waals surface area contributed by atoms with Gasteiger partial charge in [0.15, 0.2) is 0 Å². The summed E-state index contributed by atoms with van der Waals surface area (Å²) >= 11 is 3.48. The second-order valence-corrected chi connectivity index (χ2v) is 5.61. The molecule has 1 N–H and O–H groups in total. The molecule has 17 heavy (non-hydrogen) atoms. The van der Waals surface area contributed by atoms with Crippen LogP contribution >= 0.6 is 15.9 Å². The van der Waals surface area contributed by atoms with E-state index in [1.807, 2.05) is 18.2 Å². The van der Waals surface area contributed by atoms with Crippen molar-refractivity contribution in [1.29, 1.82) is 0 Å². The van der Waals surface area contributed by atoms with Gasteiger partial charge in [0.25, 0.3) is 0 Å². The molecule has 0 aromatic heterocycles. The standard InChI is InChI=1S/C14H18BrNO/c1-14(2,3)8-5-9-16-13-10-11(17-4)6-7-12(13)15/h6-7,10,16H,9H2,1-4H3. The number of nitrogens with one attached hydrogen (secondary N) is 1. The monoisotopic (exact) mass is 295 g/mol. The zero-order chi connectivity index (χ0) is 12.9. The average molecular weight is 296 g/mol. The lowest BCUT2D eigenvalue weighted by Crippen LogP contribution is -2.03. The van der Waals surface area contributed by atoms with Crippen molar-refractivity contribution >= 4 is 21.6 Å². The van der Waals surface area contributed by atoms with Crippen LogP contribution in [0.1, 0.15) is 20.8 Å². The minimum atomic E-state index is 0.0489. The third-order valence-corrected chi connectivity index (χ3v) is 2.70. The molecule has 1 aromatic rings. The fourth-order valence-corrected chi connectivity index (χ4v) is 1.60. The lowest BCUT2D eigenvalue weighted by molar-refractivity contribution is 0.415. The van der Waals surface area contributed by atoms with Crippen molar-refractivity contribution in [2.24, 2.45) is 5.41 Å². The second kappa shape index (κ2) is 5.97. The number of hydrogen-bond donors (Lipinski definition) is 1. The van der Waals surface area contributed by atoms with Crippen LogP contribution in [-0.2, 0) is 0 Å². The van der Waals surface area contributed by atoms with Gasteiger partial charge in [-0.15, -0.1) is 0 Å². The predicted octanol–water partition coefficient (Wildman–Crippen LogP) is 3.92. The van der Waals surface area contributed by atoms with Crippen LogP contribution in [0, 0.1) is 17.3 Å². The van der Waals surface area contributed by atoms with Gasteiger partial charge in [-0.25, -0.2) is 0 Å². The summed E-state index contributed by atoms with van der Waals surface area (Å²) in [4.78, 5) is 0. The van der Waals surface area contributed by atoms with Gasteiger partial charge in [0.1, 0.15) is 5.75 Å². The molecule has 0 radical (unpaired) electrons. The summed E-state index contributed by atoms with van der Waals surface area (Å²) in [5, 5.41) is 3.26. The number of hydrogen-bond acceptors (Lipinski definition) is 2. The highest BCUT2D eigenvalue weighted by molar-refractivity contribution is 9.10. The smallest absolute Gasteiger partial charge is 0.121 e. The zero-order valence-corrected chi connectivity index (χ0v) is 12.3. The molecule has 1 aromatic carbocycles. The van der Waals surface area contributed by atoms with E-state index in [2.05, 4.69) is 53.9 Å². The molecule has 0 aliphatic rings. The molecular formula is C14H18BrNO. The fourth-order valence-electron chi connectivity index (χ4n) is 1.22. The fraction of sp³-hybridized carbons (Fsp3) is 0.429. The maximum atomic E-state index is 5.17. The Morgan fingerprint density at radius 3 is 2.65 bits per heavy atom. The average Bonchev–Trinajstić information content (AvgIpc) is 2.25. The maximum Gasteiger partial charge on any atom is 0.121 e. The van der Waals surface area contributed by atoms with Crippen LogP contribution < -0.4 is 10.1 Å². The van der Waals surface area contributed by atoms with E-state index in [1.165, 1.54) is 0 Å². The molecule has 0 amide bonds. The molecule has 0 saturated heterocycles. The number of halogens is 1. The summed E-state index contributed by atoms with van der Waals surface area (Å²) in [5.74, 6) is 7.13. The molecule has 0 bridgehead atoms. The molecule has 1 rings (SSSR count). The molecule has 0 atom stereocenters. The molecule has 0 unspecified atom stereocenters. The lowest BCUT2D eigenvalue weighted by atomic mass is 9.98. The Balaban J connectivity index is 2.65. The van der Waals surface area contributed by atoms with Crippen molar-refractivity contribution in [1.82, 2.24) is 0 Å². The summed E-state index contributed by atoms with van der Waals surface area (Å²) in [6, 6.07) is 5.82. The van der Waals surface area contributed by atoms with Gasteiger partial charge in [0.2, 0.25) is 0 Å². The van der Waals surface area contributed by atoms with E-state index in [9.17, 15) is 0 Å². The van der Waals surface area contributed by atoms with Crippen LogP contribution in [-0.4, -0.2) is 13.7 Å². The lowest BCUT2D eigenvalue weighted by Gasteiger charge is -2.09. The first-order valence-corrected chi connectivity index (χ1v) is 6.29. The van der Waals surface area contributed by atoms with E-state index in [-0.39, 0.29) is 5.41 Å². The second-order valence-electron chi connectivity index (χ2n) is 4.75. The van der Waals surface area contributed by atoms with E-state index in [4.69, 9.17) is 4.74 Å². The van der Waals surface area contributed by atoms with Gasteiger partial charge in [-0.1, -0.05) is 11.8 Å². The summed E-state index contributed by atoms with van der Waals surface area (Å²) < 4.78 is 6.18. The number of methoxy groups -OCH3 is 1. The van der Waals surface area contributed by atoms with Crippen molar-refractivity contribution in [3.63, 3.8) is 0 Å². The molecule has 0 heterocycles. The van der Waals surface area contributed by atoms with Gasteiger partial charge in [-0.2, -0.15) is 0 Å². The molecule has 0 fully saturated rings. The van der Waals surface area contributed by atoms with E-state index in [1.54, 1.807) is 7.11 Å². The maximum absolute atomic E-state index is 5.17. The van der Waals surface area contributed by atoms with Crippen LogP contribution in [0.4, 0.5) is 5.69 Å². The zero-order valence-electron chi connectivity index (χ0n) is 10.7. The normalized spacial score (nSPS) is 10.4. The highest BCUT2D eigenvalue weighted by atomic mass is 79.9. The van der Waals surface area contributed by atoms with Crippen molar-refractivity contribution in [2.75, 3.05) is 19.0 Å². The topological polar surface area (TPSA) is 21.3 Å². The number of rotatable bonds is 3. The Kier molecular flexibility index (Phi) is 4.89. The van der Waals surface area contributed by atoms with Crippen molar-refractivity contribution < 1.29 is 4.74 Å². The molecule has 0 aliphatic heterocycles. The van der Waals surface area contributed by atoms with Crippen molar-refractivity contribution in [3.8, 4) is 17.6 Å². The summed E-state index contributed by atoms with van der Waals surface area (Å²) in [7, 11) is 1.66. The van der Waals surface area contributed by atoms with E-state index >= 15 is 0 Å². The highest BCUT2D eigenvalue weighted by Crippen LogP contribution is 2.26. The number of anilines is 1. The first-order chi connectivity index (χ1) is 7.92. The van der Waals surface area contributed by atoms with E-state index in [0.29, 0.717) is 6.54 Å². The van der Waals surface area contributed by atoms with Crippen molar-refractivity contribution in [3.05, 3.63) is 22.7 Å². The summed E-state index contributed by atoms with van der Waals surface area (Å²) in [6.45, 7) is 6.92. The first kappa shape index (κ1) is 13.9. The quantitative estimate of drug-likeness (QED) is 0.854. The van der Waals surface area contributed by atoms with Gasteiger partial charge in [-0.05, 0) is 48.8 Å². The first-order valence-electron chi connectivity index (χ1n) is 5.50. The van der Waals surface area contributed by atoms with Crippen LogP contribution in [0.5, 0.6) is 5.75 Å². The molecule has 0 saturated carbocycles. The Hall–Kier alpha value is -1.14. The number of ether oxygens (including phenoxy) is 1. The Labute approximate surface area is 112 Å². The van der Waals surface area contributed by atoms with Gasteiger partial charge >= 0.3 is 0 Å². The van der Waals surface area contributed by atoms with Gasteiger partial charge < -0.3 is 10.1 Å². The SMILES string of the molecule is COc1ccc(Br)c(NCC#CC(C)(C)C)c1. The van der Waals surface area contributed by atoms with Gasteiger partial charge in [0, 0.05) is 16.0 Å². The predicted molar refractivity (Wildman–Crippen MR) is 76.4 cm³/mol. The summed E-state index contributed by atoms with van der Waals surface area (Å²) in [5.41, 5.74) is 1.04. The molecule has 92 valence electrons. The van der Waals surface area contributed by atoms with Crippen LogP contribution in [0.15, 0.2) is 22.7 Å². The van der Waals surface area contributed by atoms with Gasteiger partial charge in [0.05, 0.1) is 19.3 Å². The molecule has 3 heteroatoms. The molecule has 2 nitrogen and oxygen atoms in total. The highest BCUT2D eigenvalue weighted by Gasteiger charge is 2.03. The third kappa shape index (κ3) is 5.14. The number of benzene rings is 1. The minimum Gasteiger partial charge on any atom is -0.497 e. The van der Waals surface area contributed by atoms with Gasteiger partial charge in [-0.3, -0.25) is 0 Å². The Bertz CT molecular complexity index is 438. The van der Waals surface area contributed by atoms with Crippen LogP contribution in [0.25, 0.3) is 0 Å².